The van der Waals surface area contributed by atoms with Gasteiger partial charge in [0.2, 0.25) is 0 Å². The summed E-state index contributed by atoms with van der Waals surface area (Å²) in [6.45, 7) is 6.41. The summed E-state index contributed by atoms with van der Waals surface area (Å²) in [5.74, 6) is -0.980. The smallest absolute Gasteiger partial charge is 0.306 e. The van der Waals surface area contributed by atoms with Crippen molar-refractivity contribution in [2.75, 3.05) is 13.2 Å². The summed E-state index contributed by atoms with van der Waals surface area (Å²) in [5.41, 5.74) is 0. The third-order valence-electron chi connectivity index (χ3n) is 13.3. The van der Waals surface area contributed by atoms with E-state index >= 15 is 0 Å². The lowest BCUT2D eigenvalue weighted by Gasteiger charge is -2.18. The fraction of sp³-hybridized carbons (Fsp3) is 0.947. The average Bonchev–Trinajstić information content (AvgIpc) is 3.30. The van der Waals surface area contributed by atoms with E-state index in [4.69, 9.17) is 14.2 Å². The van der Waals surface area contributed by atoms with Gasteiger partial charge < -0.3 is 29.5 Å². The minimum absolute atomic E-state index is 0.112. The predicted octanol–water partition coefficient (Wildman–Crippen LogP) is 15.7. The molecule has 0 saturated carbocycles. The molecular weight excluding hydrogens is 829 g/mol. The molecule has 392 valence electrons. The highest BCUT2D eigenvalue weighted by molar-refractivity contribution is 5.71. The summed E-state index contributed by atoms with van der Waals surface area (Å²) >= 11 is 0. The molecule has 9 heteroatoms. The second-order valence-corrected chi connectivity index (χ2v) is 20.1. The molecule has 0 aliphatic rings. The Balaban J connectivity index is 4.41. The van der Waals surface area contributed by atoms with E-state index in [-0.39, 0.29) is 55.9 Å². The predicted molar refractivity (Wildman–Crippen MR) is 275 cm³/mol. The van der Waals surface area contributed by atoms with Crippen molar-refractivity contribution in [2.45, 2.75) is 334 Å². The van der Waals surface area contributed by atoms with Crippen LogP contribution in [0.25, 0.3) is 0 Å². The van der Waals surface area contributed by atoms with Crippen LogP contribution >= 0.6 is 0 Å². The number of unbranched alkanes of at least 4 members (excludes halogenated alkanes) is 30. The minimum atomic E-state index is -0.815. The molecule has 66 heavy (non-hydrogen) atoms. The van der Waals surface area contributed by atoms with Crippen molar-refractivity contribution in [3.8, 4) is 0 Å². The Kier molecular flexibility index (Phi) is 49.8. The van der Waals surface area contributed by atoms with Crippen LogP contribution in [0.3, 0.4) is 0 Å². The molecule has 0 heterocycles. The lowest BCUT2D eigenvalue weighted by molar-refractivity contribution is -0.167. The number of aliphatic hydroxyl groups excluding tert-OH is 3. The van der Waals surface area contributed by atoms with Crippen molar-refractivity contribution in [3.63, 3.8) is 0 Å². The molecule has 3 atom stereocenters. The fourth-order valence-corrected chi connectivity index (χ4v) is 8.86. The van der Waals surface area contributed by atoms with E-state index in [1.54, 1.807) is 0 Å². The molecule has 0 unspecified atom stereocenters. The van der Waals surface area contributed by atoms with E-state index in [2.05, 4.69) is 20.8 Å². The molecule has 0 fully saturated rings. The van der Waals surface area contributed by atoms with Crippen LogP contribution in [0.1, 0.15) is 310 Å². The van der Waals surface area contributed by atoms with Gasteiger partial charge in [0.25, 0.3) is 0 Å². The van der Waals surface area contributed by atoms with E-state index < -0.39 is 6.10 Å². The van der Waals surface area contributed by atoms with Gasteiger partial charge in [-0.05, 0) is 57.8 Å². The molecule has 0 radical (unpaired) electrons. The number of esters is 3. The maximum Gasteiger partial charge on any atom is 0.306 e. The largest absolute Gasteiger partial charge is 0.462 e. The second kappa shape index (κ2) is 51.1. The monoisotopic (exact) mass is 939 g/mol. The van der Waals surface area contributed by atoms with E-state index in [1.807, 2.05) is 0 Å². The summed E-state index contributed by atoms with van der Waals surface area (Å²) in [7, 11) is 0. The zero-order valence-electron chi connectivity index (χ0n) is 43.8. The summed E-state index contributed by atoms with van der Waals surface area (Å²) in [6, 6.07) is 0. The van der Waals surface area contributed by atoms with Gasteiger partial charge in [-0.15, -0.1) is 0 Å². The van der Waals surface area contributed by atoms with Gasteiger partial charge >= 0.3 is 17.9 Å². The quantitative estimate of drug-likeness (QED) is 0.0309. The molecular formula is C57H110O9. The number of carbonyl (C=O) groups excluding carboxylic acids is 3. The summed E-state index contributed by atoms with van der Waals surface area (Å²) in [5, 5.41) is 30.5. The first kappa shape index (κ1) is 64.3. The summed E-state index contributed by atoms with van der Waals surface area (Å²) in [6.07, 6.45) is 45.4. The normalized spacial score (nSPS) is 13.0. The van der Waals surface area contributed by atoms with Crippen molar-refractivity contribution >= 4 is 17.9 Å². The Morgan fingerprint density at radius 1 is 0.303 bits per heavy atom. The van der Waals surface area contributed by atoms with Crippen molar-refractivity contribution in [1.29, 1.82) is 0 Å². The third kappa shape index (κ3) is 48.7. The minimum Gasteiger partial charge on any atom is -0.462 e. The van der Waals surface area contributed by atoms with Crippen molar-refractivity contribution in [2.24, 2.45) is 0 Å². The van der Waals surface area contributed by atoms with Crippen molar-refractivity contribution < 1.29 is 43.9 Å². The van der Waals surface area contributed by atoms with Crippen LogP contribution in [0.2, 0.25) is 0 Å². The van der Waals surface area contributed by atoms with Gasteiger partial charge in [0.05, 0.1) is 18.3 Å². The molecule has 0 rings (SSSR count). The van der Waals surface area contributed by atoms with Crippen LogP contribution in [0.5, 0.6) is 0 Å². The SMILES string of the molecule is CCCCCC[C@@H](O)CCCCCCCCCCC(=O)OC(COC(=O)CCCCCCCCCC[C@@H](O)CCCCCC)COC(=O)CCCCCCCCCC[C@@H](O)CCCCCC. The Morgan fingerprint density at radius 2 is 0.515 bits per heavy atom. The first-order chi connectivity index (χ1) is 32.2. The summed E-state index contributed by atoms with van der Waals surface area (Å²) in [4.78, 5) is 38.1. The Labute approximate surface area is 407 Å². The fourth-order valence-electron chi connectivity index (χ4n) is 8.86. The summed E-state index contributed by atoms with van der Waals surface area (Å²) < 4.78 is 16.8. The molecule has 0 aromatic heterocycles. The maximum absolute atomic E-state index is 12.8. The van der Waals surface area contributed by atoms with E-state index in [1.165, 1.54) is 109 Å². The maximum atomic E-state index is 12.8. The molecule has 0 amide bonds. The molecule has 0 aliphatic carbocycles. The lowest BCUT2D eigenvalue weighted by Crippen LogP contribution is -2.30. The van der Waals surface area contributed by atoms with Crippen LogP contribution < -0.4 is 0 Å². The highest BCUT2D eigenvalue weighted by Gasteiger charge is 2.20. The second-order valence-electron chi connectivity index (χ2n) is 20.1. The van der Waals surface area contributed by atoms with Crippen LogP contribution in [-0.4, -0.2) is 70.9 Å². The van der Waals surface area contributed by atoms with Crippen LogP contribution in [0.15, 0.2) is 0 Å². The molecule has 9 nitrogen and oxygen atoms in total. The Morgan fingerprint density at radius 3 is 0.773 bits per heavy atom. The first-order valence-corrected chi connectivity index (χ1v) is 28.8. The Bertz CT molecular complexity index is 983. The zero-order valence-corrected chi connectivity index (χ0v) is 43.8. The molecule has 0 saturated heterocycles. The highest BCUT2D eigenvalue weighted by Crippen LogP contribution is 2.18. The number of carbonyl (C=O) groups is 3. The molecule has 3 N–H and O–H groups in total. The van der Waals surface area contributed by atoms with Crippen LogP contribution in [-0.2, 0) is 28.6 Å². The van der Waals surface area contributed by atoms with Gasteiger partial charge in [-0.25, -0.2) is 0 Å². The van der Waals surface area contributed by atoms with Gasteiger partial charge in [0.1, 0.15) is 13.2 Å². The van der Waals surface area contributed by atoms with Crippen molar-refractivity contribution in [3.05, 3.63) is 0 Å². The molecule has 0 aromatic rings. The van der Waals surface area contributed by atoms with Gasteiger partial charge in [0.15, 0.2) is 6.10 Å². The van der Waals surface area contributed by atoms with Gasteiger partial charge in [0, 0.05) is 19.3 Å². The number of hydrogen-bond donors (Lipinski definition) is 3. The molecule has 0 aromatic carbocycles. The van der Waals surface area contributed by atoms with Crippen LogP contribution in [0, 0.1) is 0 Å². The van der Waals surface area contributed by atoms with Crippen LogP contribution in [0.4, 0.5) is 0 Å². The Hall–Kier alpha value is -1.71. The van der Waals surface area contributed by atoms with E-state index in [9.17, 15) is 29.7 Å². The van der Waals surface area contributed by atoms with Gasteiger partial charge in [-0.1, -0.05) is 233 Å². The van der Waals surface area contributed by atoms with Gasteiger partial charge in [-0.2, -0.15) is 0 Å². The van der Waals surface area contributed by atoms with Crippen molar-refractivity contribution in [1.82, 2.24) is 0 Å². The van der Waals surface area contributed by atoms with E-state index in [0.29, 0.717) is 12.8 Å². The molecule has 0 spiro atoms. The standard InChI is InChI=1S/C57H110O9/c1-4-7-10-31-40-51(58)43-34-25-19-13-16-22-28-37-46-55(61)64-49-54(66-57(63)48-39-30-24-18-15-21-27-36-45-53(60)42-33-12-9-6-3)50-65-56(62)47-38-29-23-17-14-20-26-35-44-52(59)41-32-11-8-5-2/h51-54,58-60H,4-50H2,1-3H3/t51-,52-,53+/m0/s1. The topological polar surface area (TPSA) is 140 Å². The zero-order chi connectivity index (χ0) is 48.4. The highest BCUT2D eigenvalue weighted by atomic mass is 16.6. The number of ether oxygens (including phenoxy) is 3. The number of hydrogen-bond acceptors (Lipinski definition) is 9. The third-order valence-corrected chi connectivity index (χ3v) is 13.3. The number of rotatable bonds is 53. The number of aliphatic hydroxyl groups is 3. The molecule has 0 aliphatic heterocycles. The van der Waals surface area contributed by atoms with Gasteiger partial charge in [-0.3, -0.25) is 14.4 Å². The molecule has 0 bridgehead atoms. The lowest BCUT2D eigenvalue weighted by atomic mass is 10.0. The van der Waals surface area contributed by atoms with E-state index in [0.717, 1.165) is 161 Å². The average molecular weight is 939 g/mol. The first-order valence-electron chi connectivity index (χ1n) is 28.8.